The minimum atomic E-state index is -4.31. The highest BCUT2D eigenvalue weighted by molar-refractivity contribution is 5.19. The summed E-state index contributed by atoms with van der Waals surface area (Å²) in [6.07, 6.45) is -4.02. The standard InChI is InChI=1S/C13H18F4N2O/c14-11-3-1-10(2-4-11)12(18)5-6-19(7-8-20)9-13(15,16)17/h1-4,12,20H,5-9,18H2. The quantitative estimate of drug-likeness (QED) is 0.757. The Morgan fingerprint density at radius 3 is 2.25 bits per heavy atom. The van der Waals surface area contributed by atoms with Crippen LogP contribution in [0.4, 0.5) is 17.6 Å². The van der Waals surface area contributed by atoms with Crippen LogP contribution in [0.1, 0.15) is 18.0 Å². The number of aliphatic hydroxyl groups excluding tert-OH is 1. The van der Waals surface area contributed by atoms with Crippen LogP contribution in [-0.2, 0) is 0 Å². The van der Waals surface area contributed by atoms with Gasteiger partial charge in [0.1, 0.15) is 5.82 Å². The second-order valence-electron chi connectivity index (χ2n) is 4.56. The van der Waals surface area contributed by atoms with Gasteiger partial charge in [-0.05, 0) is 24.1 Å². The molecule has 0 heterocycles. The second-order valence-corrected chi connectivity index (χ2v) is 4.56. The fourth-order valence-electron chi connectivity index (χ4n) is 1.86. The fourth-order valence-corrected chi connectivity index (χ4v) is 1.86. The molecule has 0 aliphatic carbocycles. The van der Waals surface area contributed by atoms with Gasteiger partial charge in [-0.2, -0.15) is 13.2 Å². The van der Waals surface area contributed by atoms with Crippen molar-refractivity contribution in [1.82, 2.24) is 4.90 Å². The molecule has 1 atom stereocenters. The Hall–Kier alpha value is -1.18. The van der Waals surface area contributed by atoms with Crippen molar-refractivity contribution in [3.63, 3.8) is 0 Å². The molecule has 0 aliphatic rings. The maximum absolute atomic E-state index is 12.7. The van der Waals surface area contributed by atoms with Crippen LogP contribution >= 0.6 is 0 Å². The summed E-state index contributed by atoms with van der Waals surface area (Å²) < 4.78 is 49.7. The topological polar surface area (TPSA) is 49.5 Å². The van der Waals surface area contributed by atoms with E-state index >= 15 is 0 Å². The summed E-state index contributed by atoms with van der Waals surface area (Å²) in [5.41, 5.74) is 6.53. The minimum Gasteiger partial charge on any atom is -0.395 e. The van der Waals surface area contributed by atoms with Crippen molar-refractivity contribution in [3.05, 3.63) is 35.6 Å². The largest absolute Gasteiger partial charge is 0.401 e. The molecule has 0 saturated carbocycles. The van der Waals surface area contributed by atoms with Crippen LogP contribution in [0.5, 0.6) is 0 Å². The van der Waals surface area contributed by atoms with Crippen LogP contribution in [0.15, 0.2) is 24.3 Å². The summed E-state index contributed by atoms with van der Waals surface area (Å²) in [6.45, 7) is -1.38. The third-order valence-electron chi connectivity index (χ3n) is 2.87. The summed E-state index contributed by atoms with van der Waals surface area (Å²) in [5, 5.41) is 8.76. The number of nitrogens with two attached hydrogens (primary N) is 1. The molecular formula is C13H18F4N2O. The molecule has 114 valence electrons. The predicted octanol–water partition coefficient (Wildman–Crippen LogP) is 2.07. The van der Waals surface area contributed by atoms with Gasteiger partial charge in [-0.3, -0.25) is 4.90 Å². The highest BCUT2D eigenvalue weighted by Crippen LogP contribution is 2.19. The molecule has 0 spiro atoms. The molecule has 1 aromatic rings. The smallest absolute Gasteiger partial charge is 0.395 e. The van der Waals surface area contributed by atoms with Gasteiger partial charge in [0.15, 0.2) is 0 Å². The Kier molecular flexibility index (Phi) is 6.38. The van der Waals surface area contributed by atoms with E-state index in [4.69, 9.17) is 10.8 Å². The van der Waals surface area contributed by atoms with Crippen molar-refractivity contribution in [2.24, 2.45) is 5.73 Å². The number of nitrogens with zero attached hydrogens (tertiary/aromatic N) is 1. The highest BCUT2D eigenvalue weighted by Gasteiger charge is 2.30. The van der Waals surface area contributed by atoms with Gasteiger partial charge in [0.25, 0.3) is 0 Å². The molecule has 0 aliphatic heterocycles. The normalized spacial score (nSPS) is 13.8. The van der Waals surface area contributed by atoms with Gasteiger partial charge in [-0.25, -0.2) is 4.39 Å². The second kappa shape index (κ2) is 7.56. The fraction of sp³-hybridized carbons (Fsp3) is 0.538. The van der Waals surface area contributed by atoms with Gasteiger partial charge >= 0.3 is 6.18 Å². The summed E-state index contributed by atoms with van der Waals surface area (Å²) in [5.74, 6) is -0.389. The third kappa shape index (κ3) is 6.31. The molecule has 0 aromatic heterocycles. The first-order chi connectivity index (χ1) is 9.31. The first-order valence-corrected chi connectivity index (χ1v) is 6.23. The number of hydrogen-bond donors (Lipinski definition) is 2. The average Bonchev–Trinajstić information content (AvgIpc) is 2.35. The lowest BCUT2D eigenvalue weighted by Gasteiger charge is -2.24. The Balaban J connectivity index is 2.51. The van der Waals surface area contributed by atoms with Crippen LogP contribution in [-0.4, -0.2) is 42.4 Å². The number of benzene rings is 1. The Bertz CT molecular complexity index is 394. The number of aliphatic hydroxyl groups is 1. The van der Waals surface area contributed by atoms with Crippen molar-refractivity contribution in [1.29, 1.82) is 0 Å². The van der Waals surface area contributed by atoms with E-state index in [9.17, 15) is 17.6 Å². The van der Waals surface area contributed by atoms with Gasteiger partial charge < -0.3 is 10.8 Å². The van der Waals surface area contributed by atoms with E-state index in [2.05, 4.69) is 0 Å². The molecule has 20 heavy (non-hydrogen) atoms. The molecule has 0 fully saturated rings. The zero-order valence-corrected chi connectivity index (χ0v) is 10.9. The van der Waals surface area contributed by atoms with E-state index in [1.165, 1.54) is 24.3 Å². The van der Waals surface area contributed by atoms with Gasteiger partial charge in [-0.1, -0.05) is 12.1 Å². The SMILES string of the molecule is NC(CCN(CCO)CC(F)(F)F)c1ccc(F)cc1. The Morgan fingerprint density at radius 2 is 1.75 bits per heavy atom. The number of halogens is 4. The third-order valence-corrected chi connectivity index (χ3v) is 2.87. The molecule has 1 unspecified atom stereocenters. The lowest BCUT2D eigenvalue weighted by Crippen LogP contribution is -2.37. The van der Waals surface area contributed by atoms with Crippen molar-refractivity contribution >= 4 is 0 Å². The van der Waals surface area contributed by atoms with E-state index in [1.807, 2.05) is 0 Å². The van der Waals surface area contributed by atoms with Crippen molar-refractivity contribution < 1.29 is 22.7 Å². The number of hydrogen-bond acceptors (Lipinski definition) is 3. The molecule has 1 aromatic carbocycles. The van der Waals surface area contributed by atoms with Crippen LogP contribution in [0.25, 0.3) is 0 Å². The molecule has 0 bridgehead atoms. The summed E-state index contributed by atoms with van der Waals surface area (Å²) in [4.78, 5) is 1.10. The molecule has 0 amide bonds. The van der Waals surface area contributed by atoms with Crippen LogP contribution in [0.2, 0.25) is 0 Å². The number of alkyl halides is 3. The van der Waals surface area contributed by atoms with Crippen LogP contribution in [0, 0.1) is 5.82 Å². The molecule has 1 rings (SSSR count). The van der Waals surface area contributed by atoms with Gasteiger partial charge in [0.05, 0.1) is 13.2 Å². The van der Waals surface area contributed by atoms with Gasteiger partial charge in [-0.15, -0.1) is 0 Å². The predicted molar refractivity (Wildman–Crippen MR) is 67.5 cm³/mol. The zero-order chi connectivity index (χ0) is 15.2. The maximum Gasteiger partial charge on any atom is 0.401 e. The van der Waals surface area contributed by atoms with Crippen molar-refractivity contribution in [2.75, 3.05) is 26.2 Å². The Labute approximate surface area is 115 Å². The first-order valence-electron chi connectivity index (χ1n) is 6.23. The number of rotatable bonds is 7. The summed E-state index contributed by atoms with van der Waals surface area (Å²) in [6, 6.07) is 5.08. The zero-order valence-electron chi connectivity index (χ0n) is 10.9. The molecule has 3 N–H and O–H groups in total. The van der Waals surface area contributed by atoms with Crippen molar-refractivity contribution in [3.8, 4) is 0 Å². The lowest BCUT2D eigenvalue weighted by molar-refractivity contribution is -0.146. The summed E-state index contributed by atoms with van der Waals surface area (Å²) in [7, 11) is 0. The van der Waals surface area contributed by atoms with Gasteiger partial charge in [0, 0.05) is 19.1 Å². The van der Waals surface area contributed by atoms with E-state index in [-0.39, 0.29) is 25.5 Å². The highest BCUT2D eigenvalue weighted by atomic mass is 19.4. The average molecular weight is 294 g/mol. The van der Waals surface area contributed by atoms with Gasteiger partial charge in [0.2, 0.25) is 0 Å². The molecular weight excluding hydrogens is 276 g/mol. The van der Waals surface area contributed by atoms with E-state index < -0.39 is 18.8 Å². The molecule has 7 heteroatoms. The van der Waals surface area contributed by atoms with E-state index in [0.717, 1.165) is 4.90 Å². The molecule has 3 nitrogen and oxygen atoms in total. The van der Waals surface area contributed by atoms with E-state index in [0.29, 0.717) is 12.0 Å². The maximum atomic E-state index is 12.7. The monoisotopic (exact) mass is 294 g/mol. The lowest BCUT2D eigenvalue weighted by atomic mass is 10.0. The van der Waals surface area contributed by atoms with Crippen molar-refractivity contribution in [2.45, 2.75) is 18.6 Å². The Morgan fingerprint density at radius 1 is 1.15 bits per heavy atom. The van der Waals surface area contributed by atoms with Crippen LogP contribution in [0.3, 0.4) is 0 Å². The first kappa shape index (κ1) is 16.9. The molecule has 0 saturated heterocycles. The molecule has 0 radical (unpaired) electrons. The minimum absolute atomic E-state index is 0.0599. The van der Waals surface area contributed by atoms with Crippen LogP contribution < -0.4 is 5.73 Å². The van der Waals surface area contributed by atoms with E-state index in [1.54, 1.807) is 0 Å². The summed E-state index contributed by atoms with van der Waals surface area (Å²) >= 11 is 0.